The summed E-state index contributed by atoms with van der Waals surface area (Å²) >= 11 is 0. The summed E-state index contributed by atoms with van der Waals surface area (Å²) in [5, 5.41) is 11.1. The monoisotopic (exact) mass is 341 g/mol. The molecule has 1 amide bonds. The van der Waals surface area contributed by atoms with Crippen LogP contribution in [-0.4, -0.2) is 33.8 Å². The summed E-state index contributed by atoms with van der Waals surface area (Å²) in [5.74, 6) is 2.95. The minimum atomic E-state index is 0. The minimum absolute atomic E-state index is 0. The van der Waals surface area contributed by atoms with Crippen LogP contribution in [0.15, 0.2) is 0 Å². The summed E-state index contributed by atoms with van der Waals surface area (Å²) < 4.78 is 1.98. The second kappa shape index (κ2) is 8.11. The third-order valence-corrected chi connectivity index (χ3v) is 4.68. The molecule has 3 rings (SSSR count). The molecule has 0 aromatic carbocycles. The number of halogens is 1. The van der Waals surface area contributed by atoms with Gasteiger partial charge in [0.15, 0.2) is 5.82 Å². The van der Waals surface area contributed by atoms with Gasteiger partial charge in [-0.05, 0) is 44.7 Å². The van der Waals surface area contributed by atoms with E-state index in [4.69, 9.17) is 0 Å². The predicted octanol–water partition coefficient (Wildman–Crippen LogP) is 2.16. The quantitative estimate of drug-likeness (QED) is 0.861. The Morgan fingerprint density at radius 3 is 2.96 bits per heavy atom. The van der Waals surface area contributed by atoms with E-state index in [2.05, 4.69) is 34.6 Å². The van der Waals surface area contributed by atoms with Gasteiger partial charge >= 0.3 is 0 Å². The van der Waals surface area contributed by atoms with Gasteiger partial charge in [-0.15, -0.1) is 12.4 Å². The average molecular weight is 342 g/mol. The van der Waals surface area contributed by atoms with Gasteiger partial charge in [-0.3, -0.25) is 4.79 Å². The molecule has 2 aliphatic heterocycles. The van der Waals surface area contributed by atoms with Crippen LogP contribution >= 0.6 is 12.4 Å². The SMILES string of the molecule is CC(C)c1nc2n(n1)CCCC2NC(=O)CCC1CCNC1.Cl. The molecule has 0 aliphatic carbocycles. The van der Waals surface area contributed by atoms with Gasteiger partial charge in [0.25, 0.3) is 0 Å². The Bertz CT molecular complexity index is 525. The van der Waals surface area contributed by atoms with Crippen LogP contribution in [0.2, 0.25) is 0 Å². The first-order chi connectivity index (χ1) is 10.6. The number of fused-ring (bicyclic) bond motifs is 1. The highest BCUT2D eigenvalue weighted by Gasteiger charge is 2.26. The molecule has 0 spiro atoms. The topological polar surface area (TPSA) is 71.8 Å². The van der Waals surface area contributed by atoms with E-state index in [-0.39, 0.29) is 24.4 Å². The fourth-order valence-corrected chi connectivity index (χ4v) is 3.31. The lowest BCUT2D eigenvalue weighted by molar-refractivity contribution is -0.122. The lowest BCUT2D eigenvalue weighted by Crippen LogP contribution is -2.33. The van der Waals surface area contributed by atoms with Crippen LogP contribution in [0.1, 0.15) is 69.6 Å². The third-order valence-electron chi connectivity index (χ3n) is 4.68. The number of carbonyl (C=O) groups excluding carboxylic acids is 1. The first kappa shape index (κ1) is 18.2. The highest BCUT2D eigenvalue weighted by atomic mass is 35.5. The summed E-state index contributed by atoms with van der Waals surface area (Å²) in [6, 6.07) is 0.0305. The molecule has 1 aromatic rings. The van der Waals surface area contributed by atoms with Crippen LogP contribution in [-0.2, 0) is 11.3 Å². The van der Waals surface area contributed by atoms with E-state index < -0.39 is 0 Å². The lowest BCUT2D eigenvalue weighted by Gasteiger charge is -2.23. The highest BCUT2D eigenvalue weighted by molar-refractivity contribution is 5.85. The molecule has 1 aromatic heterocycles. The van der Waals surface area contributed by atoms with Crippen LogP contribution in [0.4, 0.5) is 0 Å². The molecule has 130 valence electrons. The van der Waals surface area contributed by atoms with Gasteiger partial charge in [-0.1, -0.05) is 13.8 Å². The number of rotatable bonds is 5. The molecular weight excluding hydrogens is 314 g/mol. The van der Waals surface area contributed by atoms with E-state index in [0.29, 0.717) is 18.3 Å². The van der Waals surface area contributed by atoms with Crippen molar-refractivity contribution < 1.29 is 4.79 Å². The number of hydrogen-bond acceptors (Lipinski definition) is 4. The zero-order valence-corrected chi connectivity index (χ0v) is 14.9. The van der Waals surface area contributed by atoms with Crippen molar-refractivity contribution in [1.82, 2.24) is 25.4 Å². The van der Waals surface area contributed by atoms with Crippen LogP contribution in [0.25, 0.3) is 0 Å². The Kier molecular flexibility index (Phi) is 6.41. The molecule has 0 radical (unpaired) electrons. The highest BCUT2D eigenvalue weighted by Crippen LogP contribution is 2.25. The Labute approximate surface area is 144 Å². The number of nitrogens with one attached hydrogen (secondary N) is 2. The number of aromatic nitrogens is 3. The lowest BCUT2D eigenvalue weighted by atomic mass is 10.0. The van der Waals surface area contributed by atoms with Crippen molar-refractivity contribution in [2.24, 2.45) is 5.92 Å². The summed E-state index contributed by atoms with van der Waals surface area (Å²) in [6.07, 6.45) is 4.81. The van der Waals surface area contributed by atoms with Gasteiger partial charge in [-0.25, -0.2) is 9.67 Å². The fraction of sp³-hybridized carbons (Fsp3) is 0.812. The molecule has 2 unspecified atom stereocenters. The summed E-state index contributed by atoms with van der Waals surface area (Å²) in [5.41, 5.74) is 0. The van der Waals surface area contributed by atoms with Gasteiger partial charge in [0.1, 0.15) is 5.82 Å². The molecular formula is C16H28ClN5O. The normalized spacial score (nSPS) is 23.4. The predicted molar refractivity (Wildman–Crippen MR) is 91.7 cm³/mol. The number of carbonyl (C=O) groups is 1. The average Bonchev–Trinajstić information content (AvgIpc) is 3.15. The van der Waals surface area contributed by atoms with Crippen molar-refractivity contribution in [2.75, 3.05) is 13.1 Å². The second-order valence-corrected chi connectivity index (χ2v) is 6.87. The van der Waals surface area contributed by atoms with E-state index in [1.165, 1.54) is 6.42 Å². The molecule has 1 saturated heterocycles. The minimum Gasteiger partial charge on any atom is -0.346 e. The summed E-state index contributed by atoms with van der Waals surface area (Å²) in [7, 11) is 0. The first-order valence-electron chi connectivity index (χ1n) is 8.58. The summed E-state index contributed by atoms with van der Waals surface area (Å²) in [6.45, 7) is 7.27. The van der Waals surface area contributed by atoms with Crippen molar-refractivity contribution in [3.8, 4) is 0 Å². The Morgan fingerprint density at radius 2 is 2.26 bits per heavy atom. The standard InChI is InChI=1S/C16H27N5O.ClH/c1-11(2)15-19-16-13(4-3-9-21(16)20-15)18-14(22)6-5-12-7-8-17-10-12;/h11-13,17H,3-10H2,1-2H3,(H,18,22);1H. The Balaban J connectivity index is 0.00000192. The van der Waals surface area contributed by atoms with Gasteiger partial charge < -0.3 is 10.6 Å². The molecule has 0 bridgehead atoms. The molecule has 0 saturated carbocycles. The van der Waals surface area contributed by atoms with E-state index in [1.807, 2.05) is 4.68 Å². The second-order valence-electron chi connectivity index (χ2n) is 6.87. The molecule has 2 atom stereocenters. The van der Waals surface area contributed by atoms with Crippen LogP contribution in [0.5, 0.6) is 0 Å². The van der Waals surface area contributed by atoms with Crippen molar-refractivity contribution in [2.45, 2.75) is 64.5 Å². The molecule has 2 N–H and O–H groups in total. The largest absolute Gasteiger partial charge is 0.346 e. The molecule has 23 heavy (non-hydrogen) atoms. The van der Waals surface area contributed by atoms with Gasteiger partial charge in [0.05, 0.1) is 6.04 Å². The maximum Gasteiger partial charge on any atom is 0.220 e. The van der Waals surface area contributed by atoms with E-state index in [9.17, 15) is 4.79 Å². The first-order valence-corrected chi connectivity index (χ1v) is 8.58. The zero-order valence-electron chi connectivity index (χ0n) is 14.0. The Hall–Kier alpha value is -1.14. The number of hydrogen-bond donors (Lipinski definition) is 2. The maximum atomic E-state index is 12.2. The van der Waals surface area contributed by atoms with Crippen LogP contribution < -0.4 is 10.6 Å². The third kappa shape index (κ3) is 4.44. The summed E-state index contributed by atoms with van der Waals surface area (Å²) in [4.78, 5) is 16.9. The Morgan fingerprint density at radius 1 is 1.43 bits per heavy atom. The van der Waals surface area contributed by atoms with Crippen molar-refractivity contribution >= 4 is 18.3 Å². The van der Waals surface area contributed by atoms with E-state index >= 15 is 0 Å². The molecule has 2 aliphatic rings. The molecule has 7 heteroatoms. The number of amides is 1. The smallest absolute Gasteiger partial charge is 0.220 e. The number of nitrogens with zero attached hydrogens (tertiary/aromatic N) is 3. The molecule has 3 heterocycles. The van der Waals surface area contributed by atoms with Crippen molar-refractivity contribution in [1.29, 1.82) is 0 Å². The van der Waals surface area contributed by atoms with Crippen molar-refractivity contribution in [3.05, 3.63) is 11.6 Å². The van der Waals surface area contributed by atoms with E-state index in [0.717, 1.165) is 50.5 Å². The van der Waals surface area contributed by atoms with Crippen LogP contribution in [0.3, 0.4) is 0 Å². The number of aryl methyl sites for hydroxylation is 1. The van der Waals surface area contributed by atoms with Gasteiger partial charge in [0.2, 0.25) is 5.91 Å². The molecule has 6 nitrogen and oxygen atoms in total. The molecule has 1 fully saturated rings. The van der Waals surface area contributed by atoms with E-state index in [1.54, 1.807) is 0 Å². The van der Waals surface area contributed by atoms with Gasteiger partial charge in [0, 0.05) is 18.9 Å². The maximum absolute atomic E-state index is 12.2. The van der Waals surface area contributed by atoms with Gasteiger partial charge in [-0.2, -0.15) is 5.10 Å². The van der Waals surface area contributed by atoms with Crippen molar-refractivity contribution in [3.63, 3.8) is 0 Å². The zero-order chi connectivity index (χ0) is 15.5. The van der Waals surface area contributed by atoms with Crippen LogP contribution in [0, 0.1) is 5.92 Å². The fourth-order valence-electron chi connectivity index (χ4n) is 3.31.